The summed E-state index contributed by atoms with van der Waals surface area (Å²) in [6, 6.07) is 7.05. The number of nitrogens with two attached hydrogens (primary N) is 1. The first-order valence-corrected chi connectivity index (χ1v) is 7.07. The van der Waals surface area contributed by atoms with Gasteiger partial charge in [-0.3, -0.25) is 4.18 Å². The number of para-hydroxylation sites is 1. The molecular weight excluding hydrogens is 272 g/mol. The van der Waals surface area contributed by atoms with Crippen LogP contribution in [0.5, 0.6) is 0 Å². The maximum absolute atomic E-state index is 11.4. The Kier molecular flexibility index (Phi) is 4.07. The van der Waals surface area contributed by atoms with Gasteiger partial charge in [0.25, 0.3) is 0 Å². The molecule has 1 aliphatic rings. The Balaban J connectivity index is 2.26. The highest BCUT2D eigenvalue weighted by Gasteiger charge is 2.38. The largest absolute Gasteiger partial charge is 0.398 e. The summed E-state index contributed by atoms with van der Waals surface area (Å²) in [4.78, 5) is 0. The Hall–Kier alpha value is -1.19. The summed E-state index contributed by atoms with van der Waals surface area (Å²) in [7, 11) is -2.81. The number of hydrogen-bond donors (Lipinski definition) is 2. The molecule has 0 aliphatic carbocycles. The van der Waals surface area contributed by atoms with Crippen molar-refractivity contribution in [2.24, 2.45) is 0 Å². The molecule has 0 aromatic heterocycles. The molecule has 1 aromatic rings. The number of rotatable bonds is 4. The average Bonchev–Trinajstić information content (AvgIpc) is 2.70. The third-order valence-electron chi connectivity index (χ3n) is 2.73. The summed E-state index contributed by atoms with van der Waals surface area (Å²) in [5.41, 5.74) is 7.03. The quantitative estimate of drug-likeness (QED) is 0.783. The molecule has 1 saturated heterocycles. The van der Waals surface area contributed by atoms with Crippen molar-refractivity contribution in [3.8, 4) is 0 Å². The van der Waals surface area contributed by atoms with Crippen molar-refractivity contribution in [1.82, 2.24) is 4.72 Å². The predicted molar refractivity (Wildman–Crippen MR) is 68.1 cm³/mol. The van der Waals surface area contributed by atoms with Crippen molar-refractivity contribution >= 4 is 16.0 Å². The van der Waals surface area contributed by atoms with E-state index in [9.17, 15) is 8.42 Å². The molecule has 1 fully saturated rings. The number of anilines is 1. The van der Waals surface area contributed by atoms with E-state index in [1.165, 1.54) is 0 Å². The average molecular weight is 288 g/mol. The van der Waals surface area contributed by atoms with Crippen molar-refractivity contribution in [2.75, 3.05) is 12.8 Å². The van der Waals surface area contributed by atoms with Crippen LogP contribution in [-0.2, 0) is 24.0 Å². The van der Waals surface area contributed by atoms with E-state index in [0.717, 1.165) is 7.11 Å². The fourth-order valence-electron chi connectivity index (χ4n) is 1.87. The van der Waals surface area contributed by atoms with Gasteiger partial charge in [0, 0.05) is 11.3 Å². The lowest BCUT2D eigenvalue weighted by Gasteiger charge is -2.18. The first-order valence-electron chi connectivity index (χ1n) is 5.66. The van der Waals surface area contributed by atoms with Gasteiger partial charge in [0.15, 0.2) is 12.5 Å². The fraction of sp³-hybridized carbons (Fsp3) is 0.455. The molecule has 0 radical (unpaired) electrons. The number of ether oxygens (including phenoxy) is 2. The molecule has 0 spiro atoms. The molecule has 7 nitrogen and oxygen atoms in total. The Labute approximate surface area is 111 Å². The Morgan fingerprint density at radius 1 is 1.32 bits per heavy atom. The number of nitrogens with one attached hydrogen (secondary N) is 1. The minimum atomic E-state index is -3.88. The molecule has 1 heterocycles. The van der Waals surface area contributed by atoms with Gasteiger partial charge in [0.2, 0.25) is 0 Å². The van der Waals surface area contributed by atoms with Gasteiger partial charge in [0.05, 0.1) is 7.11 Å². The van der Waals surface area contributed by atoms with E-state index in [2.05, 4.69) is 8.91 Å². The van der Waals surface area contributed by atoms with Crippen LogP contribution in [0, 0.1) is 0 Å². The number of benzene rings is 1. The van der Waals surface area contributed by atoms with Gasteiger partial charge in [-0.15, -0.1) is 0 Å². The molecule has 3 atom stereocenters. The lowest BCUT2D eigenvalue weighted by Crippen LogP contribution is -2.38. The molecular formula is C11H16N2O5S. The molecule has 8 heteroatoms. The summed E-state index contributed by atoms with van der Waals surface area (Å²) < 4.78 is 40.4. The molecule has 0 saturated carbocycles. The summed E-state index contributed by atoms with van der Waals surface area (Å²) in [5.74, 6) is 0. The third-order valence-corrected chi connectivity index (χ3v) is 3.69. The van der Waals surface area contributed by atoms with Crippen LogP contribution in [0.15, 0.2) is 24.3 Å². The summed E-state index contributed by atoms with van der Waals surface area (Å²) >= 11 is 0. The van der Waals surface area contributed by atoms with E-state index in [0.29, 0.717) is 11.3 Å². The molecule has 3 N–H and O–H groups in total. The second-order valence-electron chi connectivity index (χ2n) is 4.05. The van der Waals surface area contributed by atoms with E-state index < -0.39 is 28.9 Å². The predicted octanol–water partition coefficient (Wildman–Crippen LogP) is 0.510. The Morgan fingerprint density at radius 2 is 2.00 bits per heavy atom. The van der Waals surface area contributed by atoms with Crippen LogP contribution < -0.4 is 10.5 Å². The summed E-state index contributed by atoms with van der Waals surface area (Å²) in [5, 5.41) is 0. The molecule has 0 amide bonds. The third kappa shape index (κ3) is 3.23. The molecule has 2 rings (SSSR count). The van der Waals surface area contributed by atoms with Crippen molar-refractivity contribution in [2.45, 2.75) is 25.5 Å². The summed E-state index contributed by atoms with van der Waals surface area (Å²) in [6.45, 7) is 1.67. The monoisotopic (exact) mass is 288 g/mol. The van der Waals surface area contributed by atoms with Gasteiger partial charge < -0.3 is 15.2 Å². The minimum Gasteiger partial charge on any atom is -0.398 e. The van der Waals surface area contributed by atoms with Gasteiger partial charge in [-0.2, -0.15) is 13.1 Å². The van der Waals surface area contributed by atoms with Crippen LogP contribution in [-0.4, -0.2) is 28.0 Å². The highest BCUT2D eigenvalue weighted by atomic mass is 32.2. The molecule has 1 unspecified atom stereocenters. The van der Waals surface area contributed by atoms with Crippen molar-refractivity contribution in [3.63, 3.8) is 0 Å². The topological polar surface area (TPSA) is 99.9 Å². The van der Waals surface area contributed by atoms with Crippen LogP contribution in [0.25, 0.3) is 0 Å². The van der Waals surface area contributed by atoms with Gasteiger partial charge in [-0.25, -0.2) is 0 Å². The van der Waals surface area contributed by atoms with Crippen LogP contribution in [0.2, 0.25) is 0 Å². The molecule has 1 aromatic carbocycles. The standard InChI is InChI=1S/C11H16N2O5S/c1-7-17-10(8-5-3-4-6-9(8)12)11(18-7)13-19(14,15)16-2/h3-7,10-11,13H,12H2,1-2H3/t7?,10-,11-/m0/s1. The Bertz CT molecular complexity index is 548. The smallest absolute Gasteiger partial charge is 0.337 e. The van der Waals surface area contributed by atoms with Crippen molar-refractivity contribution in [1.29, 1.82) is 0 Å². The molecule has 19 heavy (non-hydrogen) atoms. The number of nitrogen functional groups attached to an aromatic ring is 1. The van der Waals surface area contributed by atoms with E-state index in [4.69, 9.17) is 15.2 Å². The van der Waals surface area contributed by atoms with E-state index >= 15 is 0 Å². The first kappa shape index (κ1) is 14.2. The van der Waals surface area contributed by atoms with Crippen LogP contribution in [0.3, 0.4) is 0 Å². The molecule has 106 valence electrons. The summed E-state index contributed by atoms with van der Waals surface area (Å²) in [6.07, 6.45) is -2.06. The highest BCUT2D eigenvalue weighted by Crippen LogP contribution is 2.34. The lowest BCUT2D eigenvalue weighted by molar-refractivity contribution is -0.0522. The van der Waals surface area contributed by atoms with Gasteiger partial charge in [-0.05, 0) is 13.0 Å². The van der Waals surface area contributed by atoms with Crippen LogP contribution in [0.1, 0.15) is 18.6 Å². The lowest BCUT2D eigenvalue weighted by atomic mass is 10.1. The highest BCUT2D eigenvalue weighted by molar-refractivity contribution is 7.84. The van der Waals surface area contributed by atoms with E-state index in [-0.39, 0.29) is 0 Å². The van der Waals surface area contributed by atoms with Crippen molar-refractivity contribution in [3.05, 3.63) is 29.8 Å². The maximum atomic E-state index is 11.4. The zero-order valence-corrected chi connectivity index (χ0v) is 11.4. The first-order chi connectivity index (χ1) is 8.93. The van der Waals surface area contributed by atoms with Gasteiger partial charge >= 0.3 is 10.3 Å². The Morgan fingerprint density at radius 3 is 2.63 bits per heavy atom. The minimum absolute atomic E-state index is 0.506. The second kappa shape index (κ2) is 5.43. The zero-order valence-electron chi connectivity index (χ0n) is 10.6. The molecule has 1 aliphatic heterocycles. The second-order valence-corrected chi connectivity index (χ2v) is 5.53. The van der Waals surface area contributed by atoms with E-state index in [1.54, 1.807) is 31.2 Å². The zero-order chi connectivity index (χ0) is 14.0. The van der Waals surface area contributed by atoms with Gasteiger partial charge in [0.1, 0.15) is 6.10 Å². The van der Waals surface area contributed by atoms with Crippen LogP contribution >= 0.6 is 0 Å². The maximum Gasteiger partial charge on any atom is 0.337 e. The van der Waals surface area contributed by atoms with Crippen molar-refractivity contribution < 1.29 is 22.1 Å². The number of hydrogen-bond acceptors (Lipinski definition) is 6. The van der Waals surface area contributed by atoms with E-state index in [1.807, 2.05) is 0 Å². The molecule has 0 bridgehead atoms. The normalized spacial score (nSPS) is 27.6. The fourth-order valence-corrected chi connectivity index (χ4v) is 2.43. The van der Waals surface area contributed by atoms with Gasteiger partial charge in [-0.1, -0.05) is 18.2 Å². The SMILES string of the molecule is COS(=O)(=O)N[C@H]1OC(C)O[C@H]1c1ccccc1N. The van der Waals surface area contributed by atoms with Crippen LogP contribution in [0.4, 0.5) is 5.69 Å².